The smallest absolute Gasteiger partial charge is 0.248 e. The molecule has 0 aromatic rings. The Morgan fingerprint density at radius 2 is 2.07 bits per heavy atom. The van der Waals surface area contributed by atoms with Crippen LogP contribution in [0.4, 0.5) is 0 Å². The maximum absolute atomic E-state index is 11.4. The molecule has 15 heavy (non-hydrogen) atoms. The van der Waals surface area contributed by atoms with E-state index in [1.807, 2.05) is 0 Å². The Balaban J connectivity index is 2.31. The molecule has 4 nitrogen and oxygen atoms in total. The third-order valence-corrected chi connectivity index (χ3v) is 3.10. The predicted octanol–water partition coefficient (Wildman–Crippen LogP) is 0.833. The van der Waals surface area contributed by atoms with Crippen molar-refractivity contribution in [2.45, 2.75) is 50.7 Å². The lowest BCUT2D eigenvalue weighted by atomic mass is 9.85. The maximum Gasteiger partial charge on any atom is 0.248 e. The van der Waals surface area contributed by atoms with Crippen LogP contribution in [0.25, 0.3) is 0 Å². The lowest BCUT2D eigenvalue weighted by molar-refractivity contribution is -0.131. The topological polar surface area (TPSA) is 58.6 Å². The predicted molar refractivity (Wildman–Crippen MR) is 57.5 cm³/mol. The molecule has 1 atom stereocenters. The Kier molecular flexibility index (Phi) is 4.54. The summed E-state index contributed by atoms with van der Waals surface area (Å²) in [5, 5.41) is 12.8. The van der Waals surface area contributed by atoms with Crippen molar-refractivity contribution >= 4 is 5.91 Å². The average molecular weight is 215 g/mol. The van der Waals surface area contributed by atoms with Crippen molar-refractivity contribution in [3.05, 3.63) is 0 Å². The molecule has 4 heteroatoms. The Bertz CT molecular complexity index is 212. The fraction of sp³-hybridized carbons (Fsp3) is 0.909. The number of aliphatic hydroxyl groups is 1. The molecule has 1 rings (SSSR count). The number of carbonyl (C=O) groups is 1. The van der Waals surface area contributed by atoms with Crippen LogP contribution in [-0.2, 0) is 9.53 Å². The second kappa shape index (κ2) is 5.47. The van der Waals surface area contributed by atoms with E-state index in [0.717, 1.165) is 25.7 Å². The first-order chi connectivity index (χ1) is 7.07. The highest BCUT2D eigenvalue weighted by molar-refractivity contribution is 5.80. The summed E-state index contributed by atoms with van der Waals surface area (Å²) in [6.45, 7) is 2.04. The summed E-state index contributed by atoms with van der Waals surface area (Å²) in [6.07, 6.45) is 4.41. The second-order valence-electron chi connectivity index (χ2n) is 4.38. The summed E-state index contributed by atoms with van der Waals surface area (Å²) in [5.74, 6) is -0.156. The van der Waals surface area contributed by atoms with E-state index in [9.17, 15) is 9.90 Å². The molecule has 1 amide bonds. The molecule has 0 bridgehead atoms. The highest BCUT2D eigenvalue weighted by atomic mass is 16.5. The van der Waals surface area contributed by atoms with E-state index in [-0.39, 0.29) is 5.91 Å². The van der Waals surface area contributed by atoms with E-state index >= 15 is 0 Å². The summed E-state index contributed by atoms with van der Waals surface area (Å²) in [6, 6.07) is 0. The van der Waals surface area contributed by atoms with Gasteiger partial charge in [-0.25, -0.2) is 0 Å². The molecule has 0 saturated heterocycles. The molecule has 0 aromatic heterocycles. The van der Waals surface area contributed by atoms with Gasteiger partial charge >= 0.3 is 0 Å². The van der Waals surface area contributed by atoms with Crippen molar-refractivity contribution in [3.8, 4) is 0 Å². The fourth-order valence-corrected chi connectivity index (χ4v) is 1.89. The molecule has 0 spiro atoms. The Morgan fingerprint density at radius 3 is 2.60 bits per heavy atom. The molecule has 2 N–H and O–H groups in total. The fourth-order valence-electron chi connectivity index (χ4n) is 1.89. The zero-order chi connectivity index (χ0) is 11.3. The molecule has 1 saturated carbocycles. The van der Waals surface area contributed by atoms with Crippen molar-refractivity contribution in [3.63, 3.8) is 0 Å². The SMILES string of the molecule is COC(C)C(=O)NCC1(O)CCCCC1. The first-order valence-corrected chi connectivity index (χ1v) is 5.60. The van der Waals surface area contributed by atoms with Gasteiger partial charge in [-0.15, -0.1) is 0 Å². The highest BCUT2D eigenvalue weighted by Gasteiger charge is 2.29. The normalized spacial score (nSPS) is 22.1. The third-order valence-electron chi connectivity index (χ3n) is 3.10. The van der Waals surface area contributed by atoms with Gasteiger partial charge in [-0.2, -0.15) is 0 Å². The van der Waals surface area contributed by atoms with Gasteiger partial charge in [0.25, 0.3) is 0 Å². The van der Waals surface area contributed by atoms with Gasteiger partial charge in [-0.1, -0.05) is 19.3 Å². The molecule has 0 aliphatic heterocycles. The van der Waals surface area contributed by atoms with Gasteiger partial charge in [0, 0.05) is 13.7 Å². The quantitative estimate of drug-likeness (QED) is 0.730. The molecule has 0 aromatic carbocycles. The Hall–Kier alpha value is -0.610. The van der Waals surface area contributed by atoms with Crippen LogP contribution in [0.15, 0.2) is 0 Å². The third kappa shape index (κ3) is 3.80. The first kappa shape index (κ1) is 12.5. The van der Waals surface area contributed by atoms with Crippen molar-refractivity contribution in [2.24, 2.45) is 0 Å². The zero-order valence-electron chi connectivity index (χ0n) is 9.58. The monoisotopic (exact) mass is 215 g/mol. The molecule has 1 aliphatic carbocycles. The molecule has 88 valence electrons. The highest BCUT2D eigenvalue weighted by Crippen LogP contribution is 2.27. The number of methoxy groups -OCH3 is 1. The Morgan fingerprint density at radius 1 is 1.47 bits per heavy atom. The first-order valence-electron chi connectivity index (χ1n) is 5.60. The van der Waals surface area contributed by atoms with Crippen LogP contribution < -0.4 is 5.32 Å². The number of hydrogen-bond donors (Lipinski definition) is 2. The van der Waals surface area contributed by atoms with Gasteiger partial charge in [0.15, 0.2) is 0 Å². The molecule has 0 radical (unpaired) electrons. The van der Waals surface area contributed by atoms with E-state index in [0.29, 0.717) is 6.54 Å². The molecular formula is C11H21NO3. The second-order valence-corrected chi connectivity index (χ2v) is 4.38. The molecule has 1 aliphatic rings. The van der Waals surface area contributed by atoms with Gasteiger partial charge in [0.2, 0.25) is 5.91 Å². The van der Waals surface area contributed by atoms with Crippen LogP contribution >= 0.6 is 0 Å². The largest absolute Gasteiger partial charge is 0.388 e. The summed E-state index contributed by atoms with van der Waals surface area (Å²) in [5.41, 5.74) is -0.693. The van der Waals surface area contributed by atoms with Gasteiger partial charge in [0.05, 0.1) is 5.60 Å². The van der Waals surface area contributed by atoms with E-state index in [4.69, 9.17) is 4.74 Å². The summed E-state index contributed by atoms with van der Waals surface area (Å²) < 4.78 is 4.89. The van der Waals surface area contributed by atoms with Crippen molar-refractivity contribution < 1.29 is 14.6 Å². The molecule has 0 heterocycles. The number of nitrogens with one attached hydrogen (secondary N) is 1. The zero-order valence-corrected chi connectivity index (χ0v) is 9.58. The van der Waals surface area contributed by atoms with Crippen LogP contribution in [-0.4, -0.2) is 36.4 Å². The van der Waals surface area contributed by atoms with Crippen LogP contribution in [0, 0.1) is 0 Å². The van der Waals surface area contributed by atoms with Crippen LogP contribution in [0.2, 0.25) is 0 Å². The number of amides is 1. The molecule has 1 unspecified atom stereocenters. The minimum atomic E-state index is -0.693. The number of ether oxygens (including phenoxy) is 1. The minimum absolute atomic E-state index is 0.156. The van der Waals surface area contributed by atoms with E-state index in [1.165, 1.54) is 13.5 Å². The minimum Gasteiger partial charge on any atom is -0.388 e. The van der Waals surface area contributed by atoms with Gasteiger partial charge in [-0.3, -0.25) is 4.79 Å². The van der Waals surface area contributed by atoms with Crippen molar-refractivity contribution in [1.82, 2.24) is 5.32 Å². The van der Waals surface area contributed by atoms with Gasteiger partial charge in [-0.05, 0) is 19.8 Å². The lowest BCUT2D eigenvalue weighted by Gasteiger charge is -2.32. The van der Waals surface area contributed by atoms with E-state index < -0.39 is 11.7 Å². The van der Waals surface area contributed by atoms with Gasteiger partial charge < -0.3 is 15.2 Å². The standard InChI is InChI=1S/C11H21NO3/c1-9(15-2)10(13)12-8-11(14)6-4-3-5-7-11/h9,14H,3-8H2,1-2H3,(H,12,13). The Labute approximate surface area is 91.0 Å². The average Bonchev–Trinajstić information content (AvgIpc) is 2.26. The van der Waals surface area contributed by atoms with Crippen molar-refractivity contribution in [2.75, 3.05) is 13.7 Å². The number of rotatable bonds is 4. The van der Waals surface area contributed by atoms with E-state index in [1.54, 1.807) is 6.92 Å². The summed E-state index contributed by atoms with van der Waals surface area (Å²) >= 11 is 0. The molecular weight excluding hydrogens is 194 g/mol. The number of carbonyl (C=O) groups excluding carboxylic acids is 1. The van der Waals surface area contributed by atoms with Crippen LogP contribution in [0.3, 0.4) is 0 Å². The van der Waals surface area contributed by atoms with E-state index in [2.05, 4.69) is 5.32 Å². The van der Waals surface area contributed by atoms with Crippen LogP contribution in [0.1, 0.15) is 39.0 Å². The maximum atomic E-state index is 11.4. The van der Waals surface area contributed by atoms with Crippen molar-refractivity contribution in [1.29, 1.82) is 0 Å². The summed E-state index contributed by atoms with van der Waals surface area (Å²) in [4.78, 5) is 11.4. The van der Waals surface area contributed by atoms with Crippen LogP contribution in [0.5, 0.6) is 0 Å². The summed E-state index contributed by atoms with van der Waals surface area (Å²) in [7, 11) is 1.50. The lowest BCUT2D eigenvalue weighted by Crippen LogP contribution is -2.46. The molecule has 1 fully saturated rings. The number of hydrogen-bond acceptors (Lipinski definition) is 3. The van der Waals surface area contributed by atoms with Gasteiger partial charge in [0.1, 0.15) is 6.10 Å².